The van der Waals surface area contributed by atoms with Gasteiger partial charge in [0.1, 0.15) is 20.6 Å². The van der Waals surface area contributed by atoms with Gasteiger partial charge in [-0.2, -0.15) is 0 Å². The molecule has 68 valence electrons. The molecule has 0 heterocycles. The molecule has 0 bridgehead atoms. The summed E-state index contributed by atoms with van der Waals surface area (Å²) in [5.74, 6) is 0. The van der Waals surface area contributed by atoms with E-state index in [4.69, 9.17) is 23.0 Å². The van der Waals surface area contributed by atoms with Gasteiger partial charge in [-0.15, -0.1) is 0 Å². The SMILES string of the molecule is [B]C(C)OC(C=CSN)COO. The molecular weight excluding hydrogens is 177 g/mol. The van der Waals surface area contributed by atoms with Gasteiger partial charge in [0, 0.05) is 6.00 Å². The standard InChI is InChI=1S/C6H12BNO3S/c1-5(7)11-6(4-10-9)2-3-12-8/h2-3,5-6,9H,4,8H2,1H3. The molecule has 6 heteroatoms. The van der Waals surface area contributed by atoms with Crippen LogP contribution in [0.4, 0.5) is 0 Å². The molecule has 4 nitrogen and oxygen atoms in total. The van der Waals surface area contributed by atoms with E-state index in [2.05, 4.69) is 4.89 Å². The second-order valence-electron chi connectivity index (χ2n) is 2.14. The maximum atomic E-state index is 8.16. The first-order valence-corrected chi connectivity index (χ1v) is 4.34. The Kier molecular flexibility index (Phi) is 7.63. The zero-order valence-electron chi connectivity index (χ0n) is 6.84. The van der Waals surface area contributed by atoms with Crippen LogP contribution >= 0.6 is 11.9 Å². The second kappa shape index (κ2) is 7.63. The summed E-state index contributed by atoms with van der Waals surface area (Å²) < 4.78 is 5.13. The van der Waals surface area contributed by atoms with Gasteiger partial charge in [0.25, 0.3) is 0 Å². The number of rotatable bonds is 6. The lowest BCUT2D eigenvalue weighted by Crippen LogP contribution is -2.22. The summed E-state index contributed by atoms with van der Waals surface area (Å²) in [6, 6.07) is -0.405. The largest absolute Gasteiger partial charge is 0.378 e. The minimum atomic E-state index is -0.405. The van der Waals surface area contributed by atoms with Crippen LogP contribution in [0.3, 0.4) is 0 Å². The monoisotopic (exact) mass is 189 g/mol. The van der Waals surface area contributed by atoms with Gasteiger partial charge >= 0.3 is 0 Å². The maximum Gasteiger partial charge on any atom is 0.112 e. The first-order valence-electron chi connectivity index (χ1n) is 3.40. The first kappa shape index (κ1) is 12.0. The van der Waals surface area contributed by atoms with Crippen molar-refractivity contribution in [2.45, 2.75) is 19.0 Å². The van der Waals surface area contributed by atoms with Gasteiger partial charge in [-0.1, -0.05) is 11.9 Å². The third-order valence-electron chi connectivity index (χ3n) is 1.00. The number of nitrogens with two attached hydrogens (primary N) is 1. The van der Waals surface area contributed by atoms with Gasteiger partial charge in [-0.3, -0.25) is 10.4 Å². The molecular formula is C6H12BNO3S. The molecule has 0 amide bonds. The predicted molar refractivity (Wildman–Crippen MR) is 49.6 cm³/mol. The second-order valence-corrected chi connectivity index (χ2v) is 2.68. The van der Waals surface area contributed by atoms with Crippen molar-refractivity contribution in [1.29, 1.82) is 0 Å². The molecule has 0 saturated heterocycles. The van der Waals surface area contributed by atoms with E-state index >= 15 is 0 Å². The average molecular weight is 189 g/mol. The minimum Gasteiger partial charge on any atom is -0.378 e. The lowest BCUT2D eigenvalue weighted by atomic mass is 10.0. The molecule has 12 heavy (non-hydrogen) atoms. The van der Waals surface area contributed by atoms with Crippen LogP contribution in [-0.4, -0.2) is 31.8 Å². The summed E-state index contributed by atoms with van der Waals surface area (Å²) in [6.45, 7) is 1.73. The van der Waals surface area contributed by atoms with Gasteiger partial charge in [0.15, 0.2) is 0 Å². The van der Waals surface area contributed by atoms with E-state index in [0.717, 1.165) is 11.9 Å². The molecule has 0 aliphatic rings. The van der Waals surface area contributed by atoms with Crippen molar-refractivity contribution in [2.75, 3.05) is 6.61 Å². The molecule has 2 radical (unpaired) electrons. The van der Waals surface area contributed by atoms with Crippen molar-refractivity contribution in [2.24, 2.45) is 5.14 Å². The van der Waals surface area contributed by atoms with Gasteiger partial charge in [-0.05, 0) is 18.4 Å². The topological polar surface area (TPSA) is 64.7 Å². The van der Waals surface area contributed by atoms with Crippen LogP contribution in [0.25, 0.3) is 0 Å². The van der Waals surface area contributed by atoms with Crippen LogP contribution in [0, 0.1) is 0 Å². The molecule has 3 N–H and O–H groups in total. The van der Waals surface area contributed by atoms with Crippen molar-refractivity contribution < 1.29 is 14.9 Å². The first-order chi connectivity index (χ1) is 5.70. The Morgan fingerprint density at radius 3 is 2.83 bits per heavy atom. The van der Waals surface area contributed by atoms with Crippen LogP contribution in [0.1, 0.15) is 6.92 Å². The van der Waals surface area contributed by atoms with Crippen LogP contribution < -0.4 is 5.14 Å². The van der Waals surface area contributed by atoms with Gasteiger partial charge in [0.2, 0.25) is 0 Å². The van der Waals surface area contributed by atoms with Crippen LogP contribution in [0.2, 0.25) is 0 Å². The van der Waals surface area contributed by atoms with E-state index in [9.17, 15) is 0 Å². The molecule has 2 unspecified atom stereocenters. The lowest BCUT2D eigenvalue weighted by molar-refractivity contribution is -0.256. The molecule has 0 fully saturated rings. The molecule has 0 aliphatic heterocycles. The van der Waals surface area contributed by atoms with Crippen molar-refractivity contribution in [3.8, 4) is 0 Å². The normalized spacial score (nSPS) is 16.6. The van der Waals surface area contributed by atoms with E-state index < -0.39 is 6.00 Å². The highest BCUT2D eigenvalue weighted by Gasteiger charge is 2.06. The summed E-state index contributed by atoms with van der Waals surface area (Å²) >= 11 is 1.04. The maximum absolute atomic E-state index is 8.16. The zero-order chi connectivity index (χ0) is 9.40. The van der Waals surface area contributed by atoms with E-state index in [1.165, 1.54) is 0 Å². The van der Waals surface area contributed by atoms with Gasteiger partial charge < -0.3 is 4.74 Å². The Morgan fingerprint density at radius 2 is 2.42 bits per heavy atom. The number of hydrogen-bond donors (Lipinski definition) is 2. The summed E-state index contributed by atoms with van der Waals surface area (Å²) in [5, 5.41) is 14.9. The smallest absolute Gasteiger partial charge is 0.112 e. The van der Waals surface area contributed by atoms with Gasteiger partial charge in [-0.25, -0.2) is 4.89 Å². The third kappa shape index (κ3) is 6.69. The summed E-state index contributed by atoms with van der Waals surface area (Å²) in [4.78, 5) is 3.92. The predicted octanol–water partition coefficient (Wildman–Crippen LogP) is 0.496. The Labute approximate surface area is 77.6 Å². The van der Waals surface area contributed by atoms with Crippen molar-refractivity contribution in [3.63, 3.8) is 0 Å². The van der Waals surface area contributed by atoms with E-state index in [-0.39, 0.29) is 12.7 Å². The molecule has 0 spiro atoms. The van der Waals surface area contributed by atoms with Crippen molar-refractivity contribution in [1.82, 2.24) is 0 Å². The molecule has 0 aromatic rings. The van der Waals surface area contributed by atoms with Crippen LogP contribution in [-0.2, 0) is 9.62 Å². The van der Waals surface area contributed by atoms with Crippen LogP contribution in [0.15, 0.2) is 11.5 Å². The van der Waals surface area contributed by atoms with E-state index in [0.29, 0.717) is 0 Å². The molecule has 0 rings (SSSR count). The molecule has 0 aromatic carbocycles. The fraction of sp³-hybridized carbons (Fsp3) is 0.667. The summed E-state index contributed by atoms with van der Waals surface area (Å²) in [7, 11) is 5.36. The molecule has 0 aliphatic carbocycles. The summed E-state index contributed by atoms with van der Waals surface area (Å²) in [6.07, 6.45) is 1.29. The van der Waals surface area contributed by atoms with Crippen molar-refractivity contribution in [3.05, 3.63) is 11.5 Å². The molecule has 2 atom stereocenters. The Morgan fingerprint density at radius 1 is 1.75 bits per heavy atom. The average Bonchev–Trinajstić information content (AvgIpc) is 2.00. The number of hydrogen-bond acceptors (Lipinski definition) is 5. The summed E-state index contributed by atoms with van der Waals surface area (Å²) in [5.41, 5.74) is 0. The lowest BCUT2D eigenvalue weighted by Gasteiger charge is -2.15. The molecule has 0 saturated carbocycles. The van der Waals surface area contributed by atoms with E-state index in [1.807, 2.05) is 0 Å². The highest BCUT2D eigenvalue weighted by molar-refractivity contribution is 7.99. The zero-order valence-corrected chi connectivity index (χ0v) is 7.66. The molecule has 0 aromatic heterocycles. The van der Waals surface area contributed by atoms with Gasteiger partial charge in [0.05, 0.1) is 0 Å². The quantitative estimate of drug-likeness (QED) is 0.275. The Hall–Kier alpha value is -0.00506. The highest BCUT2D eigenvalue weighted by Crippen LogP contribution is 2.01. The fourth-order valence-corrected chi connectivity index (χ4v) is 0.888. The fourth-order valence-electron chi connectivity index (χ4n) is 0.622. The third-order valence-corrected chi connectivity index (χ3v) is 1.31. The number of ether oxygens (including phenoxy) is 1. The highest BCUT2D eigenvalue weighted by atomic mass is 32.2. The Bertz CT molecular complexity index is 134. The van der Waals surface area contributed by atoms with E-state index in [1.54, 1.807) is 18.4 Å². The van der Waals surface area contributed by atoms with Crippen LogP contribution in [0.5, 0.6) is 0 Å². The minimum absolute atomic E-state index is 0.0403. The van der Waals surface area contributed by atoms with Crippen molar-refractivity contribution >= 4 is 19.8 Å². The Balaban J connectivity index is 3.77.